The molecule has 1 aliphatic heterocycles. The third kappa shape index (κ3) is 4.64. The van der Waals surface area contributed by atoms with E-state index < -0.39 is 21.8 Å². The number of alkyl halides is 3. The van der Waals surface area contributed by atoms with Crippen molar-refractivity contribution < 1.29 is 26.0 Å². The van der Waals surface area contributed by atoms with Gasteiger partial charge in [0.2, 0.25) is 10.0 Å². The van der Waals surface area contributed by atoms with E-state index in [9.17, 15) is 26.0 Å². The fraction of sp³-hybridized carbons (Fsp3) is 0.316. The molecule has 13 heteroatoms. The second-order valence-electron chi connectivity index (χ2n) is 7.19. The van der Waals surface area contributed by atoms with E-state index in [2.05, 4.69) is 15.5 Å². The summed E-state index contributed by atoms with van der Waals surface area (Å²) in [4.78, 5) is 1.55. The molecule has 170 valence electrons. The Bertz CT molecular complexity index is 1190. The molecule has 1 aliphatic rings. The second-order valence-corrected chi connectivity index (χ2v) is 9.13. The average Bonchev–Trinajstić information content (AvgIpc) is 3.22. The van der Waals surface area contributed by atoms with Crippen LogP contribution >= 0.6 is 0 Å². The van der Waals surface area contributed by atoms with Crippen LogP contribution in [0.2, 0.25) is 0 Å². The summed E-state index contributed by atoms with van der Waals surface area (Å²) in [5, 5.41) is 11.5. The number of rotatable bonds is 5. The lowest BCUT2D eigenvalue weighted by Crippen LogP contribution is -2.48. The van der Waals surface area contributed by atoms with Gasteiger partial charge in [-0.25, -0.2) is 12.8 Å². The third-order valence-electron chi connectivity index (χ3n) is 5.10. The first-order valence-electron chi connectivity index (χ1n) is 9.57. The summed E-state index contributed by atoms with van der Waals surface area (Å²) in [6.45, 7) is 1.22. The Morgan fingerprint density at radius 3 is 2.31 bits per heavy atom. The molecule has 4 rings (SSSR count). The quantitative estimate of drug-likeness (QED) is 0.533. The van der Waals surface area contributed by atoms with Crippen molar-refractivity contribution in [2.75, 3.05) is 26.2 Å². The summed E-state index contributed by atoms with van der Waals surface area (Å²) in [6, 6.07) is 9.38. The Morgan fingerprint density at radius 1 is 0.969 bits per heavy atom. The summed E-state index contributed by atoms with van der Waals surface area (Å²) < 4.78 is 80.3. The smallest absolute Gasteiger partial charge is 0.293 e. The van der Waals surface area contributed by atoms with Crippen LogP contribution in [0.5, 0.6) is 0 Å². The van der Waals surface area contributed by atoms with Gasteiger partial charge < -0.3 is 0 Å². The molecule has 0 amide bonds. The lowest BCUT2D eigenvalue weighted by molar-refractivity contribution is -0.137. The largest absolute Gasteiger partial charge is 0.416 e. The average molecular weight is 470 g/mol. The number of piperazine rings is 1. The van der Waals surface area contributed by atoms with Crippen LogP contribution < -0.4 is 0 Å². The topological polar surface area (TPSA) is 84.2 Å². The van der Waals surface area contributed by atoms with Crippen LogP contribution in [0.4, 0.5) is 17.6 Å². The summed E-state index contributed by atoms with van der Waals surface area (Å²) in [7, 11) is -4.06. The number of tetrazole rings is 1. The minimum atomic E-state index is -4.63. The van der Waals surface area contributed by atoms with Gasteiger partial charge in [0.1, 0.15) is 5.82 Å². The molecule has 1 fully saturated rings. The molecule has 0 N–H and O–H groups in total. The van der Waals surface area contributed by atoms with E-state index in [1.807, 2.05) is 4.90 Å². The number of sulfonamides is 1. The van der Waals surface area contributed by atoms with E-state index in [0.717, 1.165) is 18.2 Å². The molecular formula is C19H18F4N6O2S. The highest BCUT2D eigenvalue weighted by Gasteiger charge is 2.34. The Hall–Kier alpha value is -2.90. The van der Waals surface area contributed by atoms with Gasteiger partial charge in [-0.2, -0.15) is 22.2 Å². The number of halogens is 4. The van der Waals surface area contributed by atoms with Crippen molar-refractivity contribution in [3.05, 3.63) is 65.7 Å². The van der Waals surface area contributed by atoms with Crippen LogP contribution in [0, 0.1) is 5.82 Å². The molecule has 1 aromatic heterocycles. The van der Waals surface area contributed by atoms with Crippen molar-refractivity contribution >= 4 is 10.0 Å². The lowest BCUT2D eigenvalue weighted by Gasteiger charge is -2.33. The van der Waals surface area contributed by atoms with Crippen LogP contribution in [0.3, 0.4) is 0 Å². The molecule has 2 heterocycles. The molecule has 3 aromatic rings. The maximum Gasteiger partial charge on any atom is 0.416 e. The van der Waals surface area contributed by atoms with Gasteiger partial charge in [0.15, 0.2) is 5.82 Å². The lowest BCUT2D eigenvalue weighted by atomic mass is 10.2. The normalized spacial score (nSPS) is 16.4. The first-order chi connectivity index (χ1) is 15.1. The Labute approximate surface area is 181 Å². The SMILES string of the molecule is O=S(=O)(c1cccc(C(F)(F)F)c1)N1CCN(Cc2nnnn2-c2ccc(F)cc2)CC1. The van der Waals surface area contributed by atoms with Gasteiger partial charge in [-0.3, -0.25) is 4.90 Å². The molecule has 0 unspecified atom stereocenters. The Balaban J connectivity index is 1.43. The second kappa shape index (κ2) is 8.56. The molecule has 0 atom stereocenters. The van der Waals surface area contributed by atoms with Crippen LogP contribution in [0.1, 0.15) is 11.4 Å². The molecule has 0 saturated carbocycles. The Morgan fingerprint density at radius 2 is 1.66 bits per heavy atom. The fourth-order valence-electron chi connectivity index (χ4n) is 3.40. The first kappa shape index (κ1) is 22.3. The number of nitrogens with zero attached hydrogens (tertiary/aromatic N) is 6. The van der Waals surface area contributed by atoms with E-state index in [0.29, 0.717) is 37.2 Å². The van der Waals surface area contributed by atoms with Crippen molar-refractivity contribution in [1.29, 1.82) is 0 Å². The van der Waals surface area contributed by atoms with E-state index in [4.69, 9.17) is 0 Å². The molecule has 0 aliphatic carbocycles. The van der Waals surface area contributed by atoms with Crippen LogP contribution in [-0.4, -0.2) is 64.0 Å². The Kier molecular flexibility index (Phi) is 5.97. The van der Waals surface area contributed by atoms with E-state index in [1.165, 1.54) is 33.3 Å². The van der Waals surface area contributed by atoms with E-state index >= 15 is 0 Å². The van der Waals surface area contributed by atoms with E-state index in [1.54, 1.807) is 0 Å². The van der Waals surface area contributed by atoms with Crippen LogP contribution in [0.25, 0.3) is 5.69 Å². The van der Waals surface area contributed by atoms with Gasteiger partial charge in [0, 0.05) is 26.2 Å². The highest BCUT2D eigenvalue weighted by Crippen LogP contribution is 2.31. The number of benzene rings is 2. The van der Waals surface area contributed by atoms with E-state index in [-0.39, 0.29) is 23.8 Å². The molecule has 8 nitrogen and oxygen atoms in total. The van der Waals surface area contributed by atoms with Gasteiger partial charge in [-0.15, -0.1) is 5.10 Å². The van der Waals surface area contributed by atoms with Crippen molar-refractivity contribution in [1.82, 2.24) is 29.4 Å². The number of hydrogen-bond acceptors (Lipinski definition) is 6. The number of aromatic nitrogens is 4. The summed E-state index contributed by atoms with van der Waals surface area (Å²) in [5.41, 5.74) is -0.429. The summed E-state index contributed by atoms with van der Waals surface area (Å²) >= 11 is 0. The zero-order valence-corrected chi connectivity index (χ0v) is 17.4. The third-order valence-corrected chi connectivity index (χ3v) is 7.00. The maximum absolute atomic E-state index is 13.2. The zero-order chi connectivity index (χ0) is 22.9. The monoisotopic (exact) mass is 470 g/mol. The molecular weight excluding hydrogens is 452 g/mol. The van der Waals surface area contributed by atoms with Gasteiger partial charge in [0.05, 0.1) is 22.7 Å². The van der Waals surface area contributed by atoms with Crippen molar-refractivity contribution in [3.63, 3.8) is 0 Å². The van der Waals surface area contributed by atoms with Crippen LogP contribution in [0.15, 0.2) is 53.4 Å². The molecule has 32 heavy (non-hydrogen) atoms. The van der Waals surface area contributed by atoms with Crippen molar-refractivity contribution in [3.8, 4) is 5.69 Å². The van der Waals surface area contributed by atoms with Crippen molar-refractivity contribution in [2.24, 2.45) is 0 Å². The fourth-order valence-corrected chi connectivity index (χ4v) is 4.87. The molecule has 0 spiro atoms. The van der Waals surface area contributed by atoms with Gasteiger partial charge in [-0.05, 0) is 52.9 Å². The minimum Gasteiger partial charge on any atom is -0.293 e. The van der Waals surface area contributed by atoms with Gasteiger partial charge in [0.25, 0.3) is 0 Å². The molecule has 2 aromatic carbocycles. The molecule has 0 bridgehead atoms. The highest BCUT2D eigenvalue weighted by molar-refractivity contribution is 7.89. The summed E-state index contributed by atoms with van der Waals surface area (Å²) in [5.74, 6) is 0.104. The number of hydrogen-bond donors (Lipinski definition) is 0. The van der Waals surface area contributed by atoms with Crippen LogP contribution in [-0.2, 0) is 22.7 Å². The minimum absolute atomic E-state index is 0.108. The summed E-state index contributed by atoms with van der Waals surface area (Å²) in [6.07, 6.45) is -4.63. The van der Waals surface area contributed by atoms with Crippen molar-refractivity contribution in [2.45, 2.75) is 17.6 Å². The maximum atomic E-state index is 13.2. The molecule has 0 radical (unpaired) electrons. The zero-order valence-electron chi connectivity index (χ0n) is 16.6. The first-order valence-corrected chi connectivity index (χ1v) is 11.0. The predicted octanol–water partition coefficient (Wildman–Crippen LogP) is 2.33. The van der Waals surface area contributed by atoms with Gasteiger partial charge in [-0.1, -0.05) is 6.07 Å². The predicted molar refractivity (Wildman–Crippen MR) is 105 cm³/mol. The van der Waals surface area contributed by atoms with Gasteiger partial charge >= 0.3 is 6.18 Å². The standard InChI is InChI=1S/C19H18F4N6O2S/c20-15-4-6-16(7-5-15)29-18(24-25-26-29)13-27-8-10-28(11-9-27)32(30,31)17-3-1-2-14(12-17)19(21,22)23/h1-7,12H,8-11,13H2. The highest BCUT2D eigenvalue weighted by atomic mass is 32.2. The molecule has 1 saturated heterocycles.